The standard InChI is InChI=1S/C18H24N4O2/c1-4-10-20-18-21-13(2)12-16(22-18)17(23)19-11-9-14-5-7-15(24-3)8-6-14/h5-8,12H,4,9-11H2,1-3H3,(H,19,23)(H,20,21,22). The Hall–Kier alpha value is -2.63. The zero-order valence-electron chi connectivity index (χ0n) is 14.4. The fourth-order valence-electron chi connectivity index (χ4n) is 2.20. The molecule has 1 heterocycles. The van der Waals surface area contributed by atoms with E-state index >= 15 is 0 Å². The second-order valence-electron chi connectivity index (χ2n) is 5.50. The summed E-state index contributed by atoms with van der Waals surface area (Å²) in [5.74, 6) is 1.14. The molecule has 2 rings (SSSR count). The molecule has 128 valence electrons. The number of aromatic nitrogens is 2. The van der Waals surface area contributed by atoms with Crippen molar-refractivity contribution in [2.45, 2.75) is 26.7 Å². The fraction of sp³-hybridized carbons (Fsp3) is 0.389. The molecule has 0 fully saturated rings. The highest BCUT2D eigenvalue weighted by Gasteiger charge is 2.10. The molecule has 0 bridgehead atoms. The minimum atomic E-state index is -0.187. The van der Waals surface area contributed by atoms with Gasteiger partial charge in [-0.2, -0.15) is 0 Å². The predicted molar refractivity (Wildman–Crippen MR) is 94.6 cm³/mol. The molecule has 0 aliphatic heterocycles. The smallest absolute Gasteiger partial charge is 0.270 e. The van der Waals surface area contributed by atoms with E-state index in [-0.39, 0.29) is 5.91 Å². The molecule has 0 aliphatic rings. The summed E-state index contributed by atoms with van der Waals surface area (Å²) in [6.45, 7) is 5.25. The van der Waals surface area contributed by atoms with E-state index in [9.17, 15) is 4.79 Å². The third-order valence-corrected chi connectivity index (χ3v) is 3.48. The Morgan fingerprint density at radius 2 is 1.92 bits per heavy atom. The highest BCUT2D eigenvalue weighted by Crippen LogP contribution is 2.11. The highest BCUT2D eigenvalue weighted by molar-refractivity contribution is 5.92. The Bertz CT molecular complexity index is 671. The second-order valence-corrected chi connectivity index (χ2v) is 5.50. The molecule has 0 unspecified atom stereocenters. The summed E-state index contributed by atoms with van der Waals surface area (Å²) in [5.41, 5.74) is 2.29. The maximum atomic E-state index is 12.3. The summed E-state index contributed by atoms with van der Waals surface area (Å²) < 4.78 is 5.13. The summed E-state index contributed by atoms with van der Waals surface area (Å²) in [6.07, 6.45) is 1.72. The van der Waals surface area contributed by atoms with E-state index in [1.807, 2.05) is 31.2 Å². The van der Waals surface area contributed by atoms with Gasteiger partial charge in [-0.15, -0.1) is 0 Å². The number of hydrogen-bond donors (Lipinski definition) is 2. The highest BCUT2D eigenvalue weighted by atomic mass is 16.5. The quantitative estimate of drug-likeness (QED) is 0.779. The van der Waals surface area contributed by atoms with Crippen LogP contribution in [-0.4, -0.2) is 36.1 Å². The Kier molecular flexibility index (Phi) is 6.54. The summed E-state index contributed by atoms with van der Waals surface area (Å²) in [7, 11) is 1.64. The van der Waals surface area contributed by atoms with E-state index < -0.39 is 0 Å². The fourth-order valence-corrected chi connectivity index (χ4v) is 2.20. The normalized spacial score (nSPS) is 10.3. The molecule has 2 N–H and O–H groups in total. The molecule has 1 amide bonds. The number of benzene rings is 1. The molecule has 0 radical (unpaired) electrons. The molecular formula is C18H24N4O2. The Morgan fingerprint density at radius 1 is 1.17 bits per heavy atom. The van der Waals surface area contributed by atoms with Crippen LogP contribution in [0.3, 0.4) is 0 Å². The van der Waals surface area contributed by atoms with E-state index in [1.165, 1.54) is 0 Å². The Balaban J connectivity index is 1.90. The lowest BCUT2D eigenvalue weighted by Gasteiger charge is -2.08. The third-order valence-electron chi connectivity index (χ3n) is 3.48. The van der Waals surface area contributed by atoms with Crippen molar-refractivity contribution < 1.29 is 9.53 Å². The SMILES string of the molecule is CCCNc1nc(C)cc(C(=O)NCCc2ccc(OC)cc2)n1. The number of amides is 1. The maximum absolute atomic E-state index is 12.3. The molecule has 1 aromatic carbocycles. The number of nitrogens with one attached hydrogen (secondary N) is 2. The first kappa shape index (κ1) is 17.7. The molecule has 1 aromatic heterocycles. The zero-order chi connectivity index (χ0) is 17.4. The molecule has 0 saturated heterocycles. The third kappa shape index (κ3) is 5.22. The number of methoxy groups -OCH3 is 1. The lowest BCUT2D eigenvalue weighted by molar-refractivity contribution is 0.0949. The van der Waals surface area contributed by atoms with Crippen LogP contribution < -0.4 is 15.4 Å². The average Bonchev–Trinajstić information content (AvgIpc) is 2.60. The van der Waals surface area contributed by atoms with Gasteiger partial charge in [-0.3, -0.25) is 4.79 Å². The van der Waals surface area contributed by atoms with Crippen LogP contribution in [0.1, 0.15) is 35.1 Å². The van der Waals surface area contributed by atoms with E-state index in [0.717, 1.165) is 36.4 Å². The number of aryl methyl sites for hydroxylation is 1. The van der Waals surface area contributed by atoms with Crippen LogP contribution in [0.4, 0.5) is 5.95 Å². The van der Waals surface area contributed by atoms with Crippen molar-refractivity contribution >= 4 is 11.9 Å². The van der Waals surface area contributed by atoms with E-state index in [4.69, 9.17) is 4.74 Å². The minimum absolute atomic E-state index is 0.187. The van der Waals surface area contributed by atoms with Gasteiger partial charge in [0, 0.05) is 18.8 Å². The van der Waals surface area contributed by atoms with Crippen molar-refractivity contribution in [1.29, 1.82) is 0 Å². The van der Waals surface area contributed by atoms with Gasteiger partial charge in [-0.25, -0.2) is 9.97 Å². The van der Waals surface area contributed by atoms with Crippen molar-refractivity contribution in [3.8, 4) is 5.75 Å². The van der Waals surface area contributed by atoms with Gasteiger partial charge in [0.05, 0.1) is 7.11 Å². The van der Waals surface area contributed by atoms with Crippen molar-refractivity contribution in [1.82, 2.24) is 15.3 Å². The number of nitrogens with zero attached hydrogens (tertiary/aromatic N) is 2. The zero-order valence-corrected chi connectivity index (χ0v) is 14.4. The van der Waals surface area contributed by atoms with Crippen LogP contribution in [0.25, 0.3) is 0 Å². The molecule has 0 aliphatic carbocycles. The molecule has 24 heavy (non-hydrogen) atoms. The van der Waals surface area contributed by atoms with Crippen LogP contribution in [0, 0.1) is 6.92 Å². The van der Waals surface area contributed by atoms with Crippen LogP contribution >= 0.6 is 0 Å². The number of ether oxygens (including phenoxy) is 1. The second kappa shape index (κ2) is 8.86. The van der Waals surface area contributed by atoms with Crippen LogP contribution in [0.2, 0.25) is 0 Å². The van der Waals surface area contributed by atoms with Crippen molar-refractivity contribution in [3.63, 3.8) is 0 Å². The molecule has 0 saturated carbocycles. The first-order chi connectivity index (χ1) is 11.6. The summed E-state index contributed by atoms with van der Waals surface area (Å²) in [4.78, 5) is 20.8. The first-order valence-corrected chi connectivity index (χ1v) is 8.13. The van der Waals surface area contributed by atoms with Gasteiger partial charge in [-0.05, 0) is 43.5 Å². The number of carbonyl (C=O) groups excluding carboxylic acids is 1. The largest absolute Gasteiger partial charge is 0.497 e. The number of hydrogen-bond acceptors (Lipinski definition) is 5. The van der Waals surface area contributed by atoms with E-state index in [0.29, 0.717) is 18.2 Å². The minimum Gasteiger partial charge on any atom is -0.497 e. The molecule has 6 nitrogen and oxygen atoms in total. The van der Waals surface area contributed by atoms with Crippen molar-refractivity contribution in [3.05, 3.63) is 47.3 Å². The lowest BCUT2D eigenvalue weighted by atomic mass is 10.1. The lowest BCUT2D eigenvalue weighted by Crippen LogP contribution is -2.27. The topological polar surface area (TPSA) is 76.1 Å². The average molecular weight is 328 g/mol. The molecule has 2 aromatic rings. The number of rotatable bonds is 8. The van der Waals surface area contributed by atoms with Gasteiger partial charge in [0.25, 0.3) is 5.91 Å². The summed E-state index contributed by atoms with van der Waals surface area (Å²) in [6, 6.07) is 9.51. The number of anilines is 1. The first-order valence-electron chi connectivity index (χ1n) is 8.13. The van der Waals surface area contributed by atoms with Crippen LogP contribution in [0.15, 0.2) is 30.3 Å². The monoisotopic (exact) mass is 328 g/mol. The summed E-state index contributed by atoms with van der Waals surface area (Å²) >= 11 is 0. The Morgan fingerprint density at radius 3 is 2.58 bits per heavy atom. The Labute approximate surface area is 142 Å². The van der Waals surface area contributed by atoms with Gasteiger partial charge in [-0.1, -0.05) is 19.1 Å². The molecular weight excluding hydrogens is 304 g/mol. The van der Waals surface area contributed by atoms with E-state index in [1.54, 1.807) is 13.2 Å². The van der Waals surface area contributed by atoms with E-state index in [2.05, 4.69) is 27.5 Å². The predicted octanol–water partition coefficient (Wildman–Crippen LogP) is 2.59. The molecule has 6 heteroatoms. The number of carbonyl (C=O) groups is 1. The molecule has 0 atom stereocenters. The van der Waals surface area contributed by atoms with Gasteiger partial charge in [0.15, 0.2) is 0 Å². The van der Waals surface area contributed by atoms with Crippen LogP contribution in [-0.2, 0) is 6.42 Å². The van der Waals surface area contributed by atoms with Crippen LogP contribution in [0.5, 0.6) is 5.75 Å². The van der Waals surface area contributed by atoms with Crippen molar-refractivity contribution in [2.75, 3.05) is 25.5 Å². The van der Waals surface area contributed by atoms with Gasteiger partial charge < -0.3 is 15.4 Å². The molecule has 0 spiro atoms. The maximum Gasteiger partial charge on any atom is 0.270 e. The van der Waals surface area contributed by atoms with Crippen molar-refractivity contribution in [2.24, 2.45) is 0 Å². The van der Waals surface area contributed by atoms with Gasteiger partial charge >= 0.3 is 0 Å². The van der Waals surface area contributed by atoms with Gasteiger partial charge in [0.2, 0.25) is 5.95 Å². The summed E-state index contributed by atoms with van der Waals surface area (Å²) in [5, 5.41) is 6.01. The van der Waals surface area contributed by atoms with Gasteiger partial charge in [0.1, 0.15) is 11.4 Å².